The zero-order valence-corrected chi connectivity index (χ0v) is 12.7. The molecule has 20 heavy (non-hydrogen) atoms. The molecule has 0 saturated carbocycles. The summed E-state index contributed by atoms with van der Waals surface area (Å²) < 4.78 is 0. The molecule has 2 unspecified atom stereocenters. The van der Waals surface area contributed by atoms with Gasteiger partial charge in [-0.2, -0.15) is 0 Å². The summed E-state index contributed by atoms with van der Waals surface area (Å²) in [7, 11) is 1.91. The van der Waals surface area contributed by atoms with Crippen LogP contribution in [0.3, 0.4) is 0 Å². The van der Waals surface area contributed by atoms with E-state index in [1.165, 1.54) is 0 Å². The summed E-state index contributed by atoms with van der Waals surface area (Å²) in [5.74, 6) is -0.299. The van der Waals surface area contributed by atoms with Crippen molar-refractivity contribution < 1.29 is 14.4 Å². The number of rotatable bonds is 8. The first-order valence-corrected chi connectivity index (χ1v) is 7.53. The van der Waals surface area contributed by atoms with E-state index in [1.807, 2.05) is 11.9 Å². The van der Waals surface area contributed by atoms with Crippen molar-refractivity contribution in [1.82, 2.24) is 10.2 Å². The molecule has 2 atom stereocenters. The predicted octanol–water partition coefficient (Wildman–Crippen LogP) is 1.16. The Labute approximate surface area is 121 Å². The van der Waals surface area contributed by atoms with Crippen LogP contribution < -0.4 is 5.32 Å². The molecule has 114 valence electrons. The number of nitrogens with zero attached hydrogens (tertiary/aromatic N) is 1. The van der Waals surface area contributed by atoms with Crippen molar-refractivity contribution in [1.29, 1.82) is 0 Å². The SMILES string of the molecule is CCC(CC)CC(NC(=O)C1CCCN1C)C(=O)C=O. The standard InChI is InChI=1S/C15H26N2O3/c1-4-11(5-2)9-12(14(19)10-18)16-15(20)13-7-6-8-17(13)3/h10-13H,4-9H2,1-3H3,(H,16,20). The van der Waals surface area contributed by atoms with E-state index in [4.69, 9.17) is 0 Å². The molecule has 1 aliphatic heterocycles. The highest BCUT2D eigenvalue weighted by atomic mass is 16.2. The normalized spacial score (nSPS) is 20.9. The number of likely N-dealkylation sites (tertiary alicyclic amines) is 1. The molecule has 1 amide bonds. The molecule has 1 aliphatic rings. The Bertz CT molecular complexity index is 353. The lowest BCUT2D eigenvalue weighted by molar-refractivity contribution is -0.134. The molecule has 0 aromatic heterocycles. The minimum atomic E-state index is -0.668. The van der Waals surface area contributed by atoms with Crippen LogP contribution in [0.2, 0.25) is 0 Å². The first kappa shape index (κ1) is 16.8. The van der Waals surface area contributed by atoms with Gasteiger partial charge in [-0.25, -0.2) is 0 Å². The topological polar surface area (TPSA) is 66.5 Å². The van der Waals surface area contributed by atoms with Gasteiger partial charge in [0.25, 0.3) is 0 Å². The molecule has 5 nitrogen and oxygen atoms in total. The molecule has 0 bridgehead atoms. The molecule has 1 saturated heterocycles. The number of hydrogen-bond acceptors (Lipinski definition) is 4. The Hall–Kier alpha value is -1.23. The zero-order valence-electron chi connectivity index (χ0n) is 12.7. The number of carbonyl (C=O) groups excluding carboxylic acids is 3. The average molecular weight is 282 g/mol. The molecule has 0 spiro atoms. The van der Waals surface area contributed by atoms with Crippen LogP contribution in [0.15, 0.2) is 0 Å². The number of amides is 1. The number of nitrogens with one attached hydrogen (secondary N) is 1. The van der Waals surface area contributed by atoms with Crippen LogP contribution in [0.25, 0.3) is 0 Å². The highest BCUT2D eigenvalue weighted by Gasteiger charge is 2.31. The van der Waals surface area contributed by atoms with Gasteiger partial charge in [0.2, 0.25) is 11.7 Å². The van der Waals surface area contributed by atoms with Crippen LogP contribution in [0, 0.1) is 5.92 Å². The second-order valence-corrected chi connectivity index (χ2v) is 5.64. The van der Waals surface area contributed by atoms with Gasteiger partial charge in [0, 0.05) is 0 Å². The second kappa shape index (κ2) is 8.15. The molecule has 1 N–H and O–H groups in total. The van der Waals surface area contributed by atoms with Gasteiger partial charge in [0.1, 0.15) is 0 Å². The molecule has 0 aliphatic carbocycles. The molecule has 1 fully saturated rings. The van der Waals surface area contributed by atoms with Crippen LogP contribution in [0.4, 0.5) is 0 Å². The Balaban J connectivity index is 2.66. The van der Waals surface area contributed by atoms with Crippen molar-refractivity contribution in [2.75, 3.05) is 13.6 Å². The fraction of sp³-hybridized carbons (Fsp3) is 0.800. The number of likely N-dealkylation sites (N-methyl/N-ethyl adjacent to an activating group) is 1. The van der Waals surface area contributed by atoms with Crippen LogP contribution in [-0.4, -0.2) is 48.6 Å². The molecule has 0 aromatic rings. The molecular weight excluding hydrogens is 256 g/mol. The molecule has 0 radical (unpaired) electrons. The quantitative estimate of drug-likeness (QED) is 0.536. The maximum atomic E-state index is 12.2. The van der Waals surface area contributed by atoms with E-state index < -0.39 is 11.8 Å². The summed E-state index contributed by atoms with van der Waals surface area (Å²) in [5, 5.41) is 2.78. The van der Waals surface area contributed by atoms with Crippen molar-refractivity contribution in [3.8, 4) is 0 Å². The average Bonchev–Trinajstić information content (AvgIpc) is 2.88. The van der Waals surface area contributed by atoms with Gasteiger partial charge >= 0.3 is 0 Å². The van der Waals surface area contributed by atoms with Crippen LogP contribution >= 0.6 is 0 Å². The van der Waals surface area contributed by atoms with Gasteiger partial charge in [-0.15, -0.1) is 0 Å². The van der Waals surface area contributed by atoms with E-state index in [9.17, 15) is 14.4 Å². The van der Waals surface area contributed by atoms with Crippen molar-refractivity contribution in [2.24, 2.45) is 5.92 Å². The second-order valence-electron chi connectivity index (χ2n) is 5.64. The van der Waals surface area contributed by atoms with E-state index >= 15 is 0 Å². The molecule has 0 aromatic carbocycles. The van der Waals surface area contributed by atoms with E-state index in [-0.39, 0.29) is 11.9 Å². The van der Waals surface area contributed by atoms with E-state index in [1.54, 1.807) is 0 Å². The summed E-state index contributed by atoms with van der Waals surface area (Å²) in [4.78, 5) is 36.7. The maximum Gasteiger partial charge on any atom is 0.237 e. The van der Waals surface area contributed by atoms with Crippen LogP contribution in [0.5, 0.6) is 0 Å². The molecule has 1 heterocycles. The first-order valence-electron chi connectivity index (χ1n) is 7.53. The number of carbonyl (C=O) groups is 3. The molecule has 1 rings (SSSR count). The Kier molecular flexibility index (Phi) is 6.85. The number of hydrogen-bond donors (Lipinski definition) is 1. The van der Waals surface area contributed by atoms with E-state index in [0.29, 0.717) is 18.6 Å². The minimum Gasteiger partial charge on any atom is -0.344 e. The van der Waals surface area contributed by atoms with Gasteiger partial charge in [0.05, 0.1) is 12.1 Å². The Morgan fingerprint density at radius 2 is 2.00 bits per heavy atom. The third kappa shape index (κ3) is 4.40. The fourth-order valence-electron chi connectivity index (χ4n) is 2.79. The predicted molar refractivity (Wildman–Crippen MR) is 77.3 cm³/mol. The zero-order chi connectivity index (χ0) is 15.1. The van der Waals surface area contributed by atoms with Crippen molar-refractivity contribution in [3.05, 3.63) is 0 Å². The van der Waals surface area contributed by atoms with E-state index in [0.717, 1.165) is 32.2 Å². The van der Waals surface area contributed by atoms with Crippen LogP contribution in [0.1, 0.15) is 46.0 Å². The van der Waals surface area contributed by atoms with Crippen LogP contribution in [-0.2, 0) is 14.4 Å². The largest absolute Gasteiger partial charge is 0.344 e. The lowest BCUT2D eigenvalue weighted by Crippen LogP contribution is -2.49. The van der Waals surface area contributed by atoms with E-state index in [2.05, 4.69) is 19.2 Å². The Morgan fingerprint density at radius 1 is 1.35 bits per heavy atom. The summed E-state index contributed by atoms with van der Waals surface area (Å²) >= 11 is 0. The lowest BCUT2D eigenvalue weighted by Gasteiger charge is -2.24. The molecular formula is C15H26N2O3. The highest BCUT2D eigenvalue weighted by Crippen LogP contribution is 2.18. The monoisotopic (exact) mass is 282 g/mol. The summed E-state index contributed by atoms with van der Waals surface area (Å²) in [5.41, 5.74) is 0. The third-order valence-corrected chi connectivity index (χ3v) is 4.32. The van der Waals surface area contributed by atoms with Gasteiger partial charge in [-0.3, -0.25) is 19.3 Å². The number of aldehydes is 1. The van der Waals surface area contributed by atoms with Crippen molar-refractivity contribution >= 4 is 18.0 Å². The van der Waals surface area contributed by atoms with Crippen molar-refractivity contribution in [3.63, 3.8) is 0 Å². The van der Waals surface area contributed by atoms with Gasteiger partial charge in [-0.05, 0) is 38.8 Å². The lowest BCUT2D eigenvalue weighted by atomic mass is 9.93. The van der Waals surface area contributed by atoms with Gasteiger partial charge in [0.15, 0.2) is 6.29 Å². The smallest absolute Gasteiger partial charge is 0.237 e. The Morgan fingerprint density at radius 3 is 2.45 bits per heavy atom. The van der Waals surface area contributed by atoms with Gasteiger partial charge in [-0.1, -0.05) is 26.7 Å². The van der Waals surface area contributed by atoms with Gasteiger partial charge < -0.3 is 5.32 Å². The third-order valence-electron chi connectivity index (χ3n) is 4.32. The highest BCUT2D eigenvalue weighted by molar-refractivity contribution is 6.28. The summed E-state index contributed by atoms with van der Waals surface area (Å²) in [6.45, 7) is 5.02. The minimum absolute atomic E-state index is 0.129. The molecule has 5 heteroatoms. The summed E-state index contributed by atoms with van der Waals surface area (Å²) in [6, 6.07) is -0.836. The maximum absolute atomic E-state index is 12.2. The summed E-state index contributed by atoms with van der Waals surface area (Å²) in [6.07, 6.45) is 4.57. The first-order chi connectivity index (χ1) is 9.53. The van der Waals surface area contributed by atoms with Crippen molar-refractivity contribution in [2.45, 2.75) is 58.0 Å². The number of Topliss-reactive ketones (excluding diaryl/α,β-unsaturated/α-hetero) is 1. The number of ketones is 1. The fourth-order valence-corrected chi connectivity index (χ4v) is 2.79.